The summed E-state index contributed by atoms with van der Waals surface area (Å²) in [6, 6.07) is 24.9. The zero-order chi connectivity index (χ0) is 40.3. The Hall–Kier alpha value is -3.42. The van der Waals surface area contributed by atoms with Gasteiger partial charge in [0.25, 0.3) is 5.56 Å². The molecule has 16 heteroatoms. The maximum atomic E-state index is 14.3. The second kappa shape index (κ2) is 19.8. The van der Waals surface area contributed by atoms with Gasteiger partial charge in [0.2, 0.25) is 0 Å². The standard InChI is InChI=1S/C40H52N2O11P2S/c1-7-9-24-49-55(56,50-25-10-8-2)53-54(6,45)52-35-26-37(42-27-29(3)38(43)41-39(42)44)51-36(35)28-48-40(30-14-12-11-13-15-30,31-16-20-33(46-4)21-17-31)32-18-22-34(47-5)23-19-32/h11-23,27,35-37H,7-10,24-26,28H2,1-6H3,(H,41,43,44)/t35-,36+,37+,54+/m0/s1. The normalized spacial score (nSPS) is 18.4. The molecule has 1 saturated heterocycles. The number of aryl methyl sites for hydroxylation is 1. The van der Waals surface area contributed by atoms with Crippen molar-refractivity contribution < 1.29 is 41.4 Å². The van der Waals surface area contributed by atoms with Crippen LogP contribution in [0.4, 0.5) is 0 Å². The summed E-state index contributed by atoms with van der Waals surface area (Å²) in [4.78, 5) is 27.7. The van der Waals surface area contributed by atoms with Crippen LogP contribution >= 0.6 is 14.3 Å². The summed E-state index contributed by atoms with van der Waals surface area (Å²) in [5, 5.41) is 0. The Morgan fingerprint density at radius 2 is 1.39 bits per heavy atom. The molecule has 1 N–H and O–H groups in total. The third-order valence-electron chi connectivity index (χ3n) is 9.34. The average Bonchev–Trinajstić information content (AvgIpc) is 3.58. The summed E-state index contributed by atoms with van der Waals surface area (Å²) in [7, 11) is -0.810. The molecule has 1 aromatic heterocycles. The number of rotatable bonds is 21. The molecule has 13 nitrogen and oxygen atoms in total. The smallest absolute Gasteiger partial charge is 0.335 e. The number of hydrogen-bond acceptors (Lipinski definition) is 12. The molecule has 3 aromatic carbocycles. The summed E-state index contributed by atoms with van der Waals surface area (Å²) in [5.41, 5.74) is 0.304. The second-order valence-corrected chi connectivity index (χ2v) is 18.6. The SMILES string of the molecule is CCCCOP(=S)(OCCCC)O[P@](C)(=O)O[C@H]1C[C@H](n2cc(C)c(=O)[nH]c2=O)O[C@@H]1COC(c1ccccc1)(c1ccc(OC)cc1)c1ccc(OC)cc1. The van der Waals surface area contributed by atoms with Crippen molar-refractivity contribution in [2.75, 3.05) is 40.7 Å². The van der Waals surface area contributed by atoms with Gasteiger partial charge in [-0.15, -0.1) is 0 Å². The maximum absolute atomic E-state index is 14.3. The fraction of sp³-hybridized carbons (Fsp3) is 0.450. The highest BCUT2D eigenvalue weighted by Gasteiger charge is 2.46. The Labute approximate surface area is 333 Å². The highest BCUT2D eigenvalue weighted by molar-refractivity contribution is 8.09. The first-order chi connectivity index (χ1) is 26.9. The molecule has 0 radical (unpaired) electrons. The maximum Gasteiger partial charge on any atom is 0.335 e. The minimum absolute atomic E-state index is 0.0558. The van der Waals surface area contributed by atoms with Gasteiger partial charge in [0.1, 0.15) is 29.4 Å². The molecule has 0 amide bonds. The Morgan fingerprint density at radius 1 is 0.857 bits per heavy atom. The van der Waals surface area contributed by atoms with Crippen LogP contribution in [0, 0.1) is 6.92 Å². The van der Waals surface area contributed by atoms with E-state index in [1.807, 2.05) is 92.7 Å². The fourth-order valence-corrected chi connectivity index (χ4v) is 11.4. The molecule has 5 rings (SSSR count). The highest BCUT2D eigenvalue weighted by Crippen LogP contribution is 2.65. The molecule has 0 aliphatic carbocycles. The molecule has 304 valence electrons. The van der Waals surface area contributed by atoms with Crippen molar-refractivity contribution >= 4 is 26.1 Å². The topological polar surface area (TPSA) is 146 Å². The zero-order valence-electron chi connectivity index (χ0n) is 32.7. The molecule has 0 unspecified atom stereocenters. The van der Waals surface area contributed by atoms with Crippen molar-refractivity contribution in [1.29, 1.82) is 0 Å². The van der Waals surface area contributed by atoms with Gasteiger partial charge in [-0.1, -0.05) is 81.3 Å². The van der Waals surface area contributed by atoms with E-state index in [-0.39, 0.29) is 26.2 Å². The molecule has 4 aromatic rings. The van der Waals surface area contributed by atoms with Crippen LogP contribution < -0.4 is 20.7 Å². The van der Waals surface area contributed by atoms with E-state index in [1.54, 1.807) is 21.1 Å². The molecule has 0 bridgehead atoms. The van der Waals surface area contributed by atoms with E-state index < -0.39 is 49.6 Å². The van der Waals surface area contributed by atoms with Crippen LogP contribution in [-0.2, 0) is 49.3 Å². The number of nitrogens with one attached hydrogen (secondary N) is 1. The van der Waals surface area contributed by atoms with Gasteiger partial charge in [-0.25, -0.2) is 9.11 Å². The van der Waals surface area contributed by atoms with E-state index >= 15 is 0 Å². The summed E-state index contributed by atoms with van der Waals surface area (Å²) in [6.07, 6.45) is 1.85. The zero-order valence-corrected chi connectivity index (χ0v) is 35.3. The molecule has 0 saturated carbocycles. The van der Waals surface area contributed by atoms with Gasteiger partial charge in [0.05, 0.1) is 40.1 Å². The molecule has 1 fully saturated rings. The lowest BCUT2D eigenvalue weighted by molar-refractivity contribution is -0.0921. The predicted molar refractivity (Wildman–Crippen MR) is 218 cm³/mol. The van der Waals surface area contributed by atoms with Gasteiger partial charge < -0.3 is 32.5 Å². The number of unbranched alkanes of at least 4 members (excludes halogenated alkanes) is 2. The van der Waals surface area contributed by atoms with E-state index in [2.05, 4.69) is 4.98 Å². The first-order valence-corrected chi connectivity index (χ1v) is 23.2. The third-order valence-corrected chi connectivity index (χ3v) is 14.2. The number of aromatic amines is 1. The lowest BCUT2D eigenvalue weighted by Crippen LogP contribution is -2.38. The quantitative estimate of drug-likeness (QED) is 0.0490. The van der Waals surface area contributed by atoms with Crippen molar-refractivity contribution in [1.82, 2.24) is 9.55 Å². The number of nitrogens with zero attached hydrogens (tertiary/aromatic N) is 1. The molecule has 2 heterocycles. The number of ether oxygens (including phenoxy) is 4. The van der Waals surface area contributed by atoms with Gasteiger partial charge in [0.15, 0.2) is 0 Å². The lowest BCUT2D eigenvalue weighted by atomic mass is 9.80. The minimum atomic E-state index is -4.02. The monoisotopic (exact) mass is 830 g/mol. The van der Waals surface area contributed by atoms with Crippen LogP contribution in [0.3, 0.4) is 0 Å². The van der Waals surface area contributed by atoms with Crippen LogP contribution in [0.5, 0.6) is 11.5 Å². The van der Waals surface area contributed by atoms with Crippen molar-refractivity contribution in [3.05, 3.63) is 128 Å². The third kappa shape index (κ3) is 10.7. The molecule has 56 heavy (non-hydrogen) atoms. The summed E-state index contributed by atoms with van der Waals surface area (Å²) in [6.45, 7) is 3.90. The van der Waals surface area contributed by atoms with Crippen LogP contribution in [0.2, 0.25) is 0 Å². The van der Waals surface area contributed by atoms with Gasteiger partial charge in [-0.05, 0) is 72.5 Å². The molecule has 1 aliphatic heterocycles. The predicted octanol–water partition coefficient (Wildman–Crippen LogP) is 8.24. The van der Waals surface area contributed by atoms with Crippen LogP contribution in [0.1, 0.15) is 74.4 Å². The second-order valence-electron chi connectivity index (χ2n) is 13.5. The van der Waals surface area contributed by atoms with Crippen molar-refractivity contribution in [3.63, 3.8) is 0 Å². The number of benzene rings is 3. The van der Waals surface area contributed by atoms with Crippen molar-refractivity contribution in [2.45, 2.75) is 76.9 Å². The van der Waals surface area contributed by atoms with Gasteiger partial charge >= 0.3 is 20.0 Å². The molecular weight excluding hydrogens is 778 g/mol. The van der Waals surface area contributed by atoms with E-state index in [9.17, 15) is 14.2 Å². The molecular formula is C40H52N2O11P2S. The summed E-state index contributed by atoms with van der Waals surface area (Å²) < 4.78 is 64.4. The first kappa shape index (κ1) is 43.7. The molecule has 1 aliphatic rings. The Balaban J connectivity index is 1.55. The number of H-pyrrole nitrogens is 1. The number of hydrogen-bond donors (Lipinski definition) is 1. The summed E-state index contributed by atoms with van der Waals surface area (Å²) in [5.74, 6) is 1.33. The Morgan fingerprint density at radius 3 is 1.91 bits per heavy atom. The van der Waals surface area contributed by atoms with Crippen molar-refractivity contribution in [2.24, 2.45) is 0 Å². The molecule has 4 atom stereocenters. The molecule has 0 spiro atoms. The average molecular weight is 831 g/mol. The fourth-order valence-electron chi connectivity index (χ4n) is 6.39. The number of methoxy groups -OCH3 is 2. The highest BCUT2D eigenvalue weighted by atomic mass is 32.5. The first-order valence-electron chi connectivity index (χ1n) is 18.7. The summed E-state index contributed by atoms with van der Waals surface area (Å²) >= 11 is 5.73. The Bertz CT molecular complexity index is 2020. The van der Waals surface area contributed by atoms with E-state index in [1.165, 1.54) is 17.4 Å². The largest absolute Gasteiger partial charge is 0.497 e. The van der Waals surface area contributed by atoms with E-state index in [0.717, 1.165) is 29.5 Å². The van der Waals surface area contributed by atoms with E-state index in [4.69, 9.17) is 48.6 Å². The van der Waals surface area contributed by atoms with Crippen LogP contribution in [0.15, 0.2) is 94.6 Å². The number of aromatic nitrogens is 2. The van der Waals surface area contributed by atoms with Gasteiger partial charge in [-0.2, -0.15) is 0 Å². The van der Waals surface area contributed by atoms with Gasteiger partial charge in [-0.3, -0.25) is 18.9 Å². The minimum Gasteiger partial charge on any atom is -0.497 e. The van der Waals surface area contributed by atoms with Crippen LogP contribution in [-0.4, -0.2) is 62.5 Å². The Kier molecular flexibility index (Phi) is 15.5. The van der Waals surface area contributed by atoms with Crippen molar-refractivity contribution in [3.8, 4) is 11.5 Å². The van der Waals surface area contributed by atoms with E-state index in [0.29, 0.717) is 29.9 Å². The van der Waals surface area contributed by atoms with Crippen LogP contribution in [0.25, 0.3) is 0 Å². The van der Waals surface area contributed by atoms with Gasteiger partial charge in [0, 0.05) is 24.8 Å². The lowest BCUT2D eigenvalue weighted by Gasteiger charge is -2.37.